The Kier molecular flexibility index (Phi) is 8.46. The SMILES string of the molecule is CC.CCC(C)(CC(C)C)C(=O)OC1(C)CCCCC1. The first-order chi connectivity index (χ1) is 9.31. The molecule has 1 unspecified atom stereocenters. The van der Waals surface area contributed by atoms with Crippen LogP contribution in [0.3, 0.4) is 0 Å². The highest BCUT2D eigenvalue weighted by Gasteiger charge is 2.39. The fourth-order valence-corrected chi connectivity index (χ4v) is 3.02. The van der Waals surface area contributed by atoms with Crippen LogP contribution < -0.4 is 0 Å². The highest BCUT2D eigenvalue weighted by molar-refractivity contribution is 5.76. The lowest BCUT2D eigenvalue weighted by atomic mass is 9.79. The van der Waals surface area contributed by atoms with Crippen LogP contribution in [0.1, 0.15) is 93.4 Å². The summed E-state index contributed by atoms with van der Waals surface area (Å²) < 4.78 is 5.90. The van der Waals surface area contributed by atoms with Crippen molar-refractivity contribution in [1.29, 1.82) is 0 Å². The highest BCUT2D eigenvalue weighted by Crippen LogP contribution is 2.37. The van der Waals surface area contributed by atoms with Crippen molar-refractivity contribution in [3.63, 3.8) is 0 Å². The van der Waals surface area contributed by atoms with Gasteiger partial charge < -0.3 is 4.74 Å². The topological polar surface area (TPSA) is 26.3 Å². The Labute approximate surface area is 126 Å². The van der Waals surface area contributed by atoms with Gasteiger partial charge in [0.25, 0.3) is 0 Å². The Morgan fingerprint density at radius 3 is 2.10 bits per heavy atom. The number of rotatable bonds is 5. The molecule has 1 saturated carbocycles. The van der Waals surface area contributed by atoms with Gasteiger partial charge >= 0.3 is 5.97 Å². The van der Waals surface area contributed by atoms with E-state index in [0.29, 0.717) is 5.92 Å². The number of hydrogen-bond donors (Lipinski definition) is 0. The van der Waals surface area contributed by atoms with Crippen LogP contribution in [0.2, 0.25) is 0 Å². The maximum Gasteiger partial charge on any atom is 0.312 e. The van der Waals surface area contributed by atoms with Crippen LogP contribution in [-0.2, 0) is 9.53 Å². The van der Waals surface area contributed by atoms with Crippen molar-refractivity contribution >= 4 is 5.97 Å². The molecule has 0 radical (unpaired) electrons. The summed E-state index contributed by atoms with van der Waals surface area (Å²) in [5, 5.41) is 0. The third kappa shape index (κ3) is 5.85. The standard InChI is InChI=1S/C16H30O2.C2H6/c1-6-15(4,12-13(2)3)14(17)18-16(5)10-8-7-9-11-16;1-2/h13H,6-12H2,1-5H3;1-2H3. The van der Waals surface area contributed by atoms with Gasteiger partial charge in [0.05, 0.1) is 5.41 Å². The number of hydrogen-bond acceptors (Lipinski definition) is 2. The van der Waals surface area contributed by atoms with Crippen molar-refractivity contribution in [2.45, 2.75) is 99.0 Å². The lowest BCUT2D eigenvalue weighted by Crippen LogP contribution is -2.40. The maximum atomic E-state index is 12.5. The van der Waals surface area contributed by atoms with E-state index in [9.17, 15) is 4.79 Å². The third-order valence-electron chi connectivity index (χ3n) is 4.38. The van der Waals surface area contributed by atoms with Gasteiger partial charge in [-0.1, -0.05) is 41.0 Å². The molecule has 1 fully saturated rings. The molecule has 0 saturated heterocycles. The number of carbonyl (C=O) groups is 1. The monoisotopic (exact) mass is 284 g/mol. The van der Waals surface area contributed by atoms with Crippen LogP contribution in [-0.4, -0.2) is 11.6 Å². The largest absolute Gasteiger partial charge is 0.459 e. The van der Waals surface area contributed by atoms with E-state index in [1.807, 2.05) is 13.8 Å². The highest BCUT2D eigenvalue weighted by atomic mass is 16.6. The quantitative estimate of drug-likeness (QED) is 0.602. The predicted molar refractivity (Wildman–Crippen MR) is 86.8 cm³/mol. The van der Waals surface area contributed by atoms with Gasteiger partial charge in [0.15, 0.2) is 0 Å². The summed E-state index contributed by atoms with van der Waals surface area (Å²) >= 11 is 0. The first-order valence-corrected chi connectivity index (χ1v) is 8.55. The van der Waals surface area contributed by atoms with E-state index in [1.54, 1.807) is 0 Å². The minimum absolute atomic E-state index is 0.0168. The molecular formula is C18H36O2. The fourth-order valence-electron chi connectivity index (χ4n) is 3.02. The molecule has 120 valence electrons. The van der Waals surface area contributed by atoms with Gasteiger partial charge in [-0.05, 0) is 58.3 Å². The Hall–Kier alpha value is -0.530. The minimum atomic E-state index is -0.311. The predicted octanol–water partition coefficient (Wildman–Crippen LogP) is 5.74. The summed E-state index contributed by atoms with van der Waals surface area (Å²) in [5.74, 6) is 0.546. The Bertz CT molecular complexity index is 277. The average Bonchev–Trinajstić information content (AvgIpc) is 2.40. The van der Waals surface area contributed by atoms with Crippen molar-refractivity contribution in [3.05, 3.63) is 0 Å². The molecule has 0 spiro atoms. The maximum absolute atomic E-state index is 12.5. The second-order valence-corrected chi connectivity index (χ2v) is 6.91. The van der Waals surface area contributed by atoms with Crippen LogP contribution in [0.15, 0.2) is 0 Å². The van der Waals surface area contributed by atoms with E-state index in [-0.39, 0.29) is 17.0 Å². The van der Waals surface area contributed by atoms with Crippen molar-refractivity contribution in [1.82, 2.24) is 0 Å². The summed E-state index contributed by atoms with van der Waals surface area (Å²) in [6, 6.07) is 0. The Morgan fingerprint density at radius 1 is 1.20 bits per heavy atom. The van der Waals surface area contributed by atoms with Crippen molar-refractivity contribution in [2.75, 3.05) is 0 Å². The van der Waals surface area contributed by atoms with Gasteiger partial charge in [-0.15, -0.1) is 0 Å². The van der Waals surface area contributed by atoms with Gasteiger partial charge in [0.2, 0.25) is 0 Å². The molecule has 1 aliphatic rings. The molecule has 1 aliphatic carbocycles. The zero-order valence-electron chi connectivity index (χ0n) is 14.8. The Balaban J connectivity index is 0.00000172. The summed E-state index contributed by atoms with van der Waals surface area (Å²) in [6.07, 6.45) is 7.50. The average molecular weight is 284 g/mol. The molecule has 2 nitrogen and oxygen atoms in total. The van der Waals surface area contributed by atoms with E-state index < -0.39 is 0 Å². The summed E-state index contributed by atoms with van der Waals surface area (Å²) in [6.45, 7) is 14.6. The molecule has 0 heterocycles. The number of esters is 1. The van der Waals surface area contributed by atoms with Crippen molar-refractivity contribution in [3.8, 4) is 0 Å². The number of carbonyl (C=O) groups excluding carboxylic acids is 1. The normalized spacial score (nSPS) is 20.6. The number of ether oxygens (including phenoxy) is 1. The Morgan fingerprint density at radius 2 is 1.70 bits per heavy atom. The first kappa shape index (κ1) is 19.5. The molecule has 0 aromatic rings. The molecule has 1 atom stereocenters. The zero-order valence-corrected chi connectivity index (χ0v) is 14.8. The van der Waals surface area contributed by atoms with Gasteiger partial charge in [-0.2, -0.15) is 0 Å². The van der Waals surface area contributed by atoms with E-state index in [4.69, 9.17) is 4.74 Å². The van der Waals surface area contributed by atoms with E-state index >= 15 is 0 Å². The van der Waals surface area contributed by atoms with E-state index in [2.05, 4.69) is 34.6 Å². The van der Waals surface area contributed by atoms with E-state index in [0.717, 1.165) is 25.7 Å². The molecule has 0 aliphatic heterocycles. The van der Waals surface area contributed by atoms with Crippen LogP contribution in [0, 0.1) is 11.3 Å². The fraction of sp³-hybridized carbons (Fsp3) is 0.944. The summed E-state index contributed by atoms with van der Waals surface area (Å²) in [7, 11) is 0. The van der Waals surface area contributed by atoms with Gasteiger partial charge in [-0.25, -0.2) is 0 Å². The lowest BCUT2D eigenvalue weighted by Gasteiger charge is -2.37. The molecule has 20 heavy (non-hydrogen) atoms. The molecule has 0 bridgehead atoms. The molecule has 0 aromatic heterocycles. The van der Waals surface area contributed by atoms with Crippen molar-refractivity contribution in [2.24, 2.45) is 11.3 Å². The van der Waals surface area contributed by atoms with Gasteiger partial charge in [0.1, 0.15) is 5.60 Å². The third-order valence-corrected chi connectivity index (χ3v) is 4.38. The molecule has 1 rings (SSSR count). The summed E-state index contributed by atoms with van der Waals surface area (Å²) in [4.78, 5) is 12.5. The smallest absolute Gasteiger partial charge is 0.312 e. The first-order valence-electron chi connectivity index (χ1n) is 8.55. The molecule has 0 amide bonds. The second-order valence-electron chi connectivity index (χ2n) is 6.91. The zero-order chi connectivity index (χ0) is 15.8. The van der Waals surface area contributed by atoms with Crippen LogP contribution in [0.25, 0.3) is 0 Å². The molecule has 0 aromatic carbocycles. The van der Waals surface area contributed by atoms with Crippen molar-refractivity contribution < 1.29 is 9.53 Å². The molecule has 2 heteroatoms. The van der Waals surface area contributed by atoms with E-state index in [1.165, 1.54) is 19.3 Å². The van der Waals surface area contributed by atoms with Gasteiger partial charge in [0, 0.05) is 0 Å². The van der Waals surface area contributed by atoms with Crippen LogP contribution >= 0.6 is 0 Å². The van der Waals surface area contributed by atoms with Crippen LogP contribution in [0.4, 0.5) is 0 Å². The van der Waals surface area contributed by atoms with Gasteiger partial charge in [-0.3, -0.25) is 4.79 Å². The lowest BCUT2D eigenvalue weighted by molar-refractivity contribution is -0.174. The minimum Gasteiger partial charge on any atom is -0.459 e. The van der Waals surface area contributed by atoms with Crippen LogP contribution in [0.5, 0.6) is 0 Å². The molecule has 0 N–H and O–H groups in total. The molecular weight excluding hydrogens is 248 g/mol. The second kappa shape index (κ2) is 8.69. The summed E-state index contributed by atoms with van der Waals surface area (Å²) in [5.41, 5.74) is -0.517.